The average Bonchev–Trinajstić information content (AvgIpc) is 2.78. The van der Waals surface area contributed by atoms with Gasteiger partial charge in [-0.15, -0.1) is 11.3 Å². The van der Waals surface area contributed by atoms with Crippen LogP contribution < -0.4 is 0 Å². The minimum atomic E-state index is 0.366. The molecule has 0 spiro atoms. The third-order valence-corrected chi connectivity index (χ3v) is 3.28. The summed E-state index contributed by atoms with van der Waals surface area (Å²) in [5.41, 5.74) is 1.73. The van der Waals surface area contributed by atoms with Crippen molar-refractivity contribution in [2.75, 3.05) is 0 Å². The highest BCUT2D eigenvalue weighted by Gasteiger charge is 2.11. The molecule has 0 aromatic carbocycles. The Kier molecular flexibility index (Phi) is 3.52. The molecule has 0 unspecified atom stereocenters. The van der Waals surface area contributed by atoms with Crippen LogP contribution in [0, 0.1) is 18.3 Å². The van der Waals surface area contributed by atoms with Gasteiger partial charge in [-0.25, -0.2) is 4.98 Å². The maximum Gasteiger partial charge on any atom is 0.101 e. The summed E-state index contributed by atoms with van der Waals surface area (Å²) in [6.07, 6.45) is 3.26. The van der Waals surface area contributed by atoms with Crippen molar-refractivity contribution in [3.05, 3.63) is 46.2 Å². The molecular weight excluding hydrogens is 254 g/mol. The van der Waals surface area contributed by atoms with E-state index in [0.717, 1.165) is 5.01 Å². The highest BCUT2D eigenvalue weighted by molar-refractivity contribution is 7.09. The first kappa shape index (κ1) is 11.8. The Balaban J connectivity index is 2.52. The van der Waals surface area contributed by atoms with Crippen LogP contribution in [0.3, 0.4) is 0 Å². The monoisotopic (exact) mass is 261 g/mol. The Morgan fingerprint density at radius 2 is 2.35 bits per heavy atom. The molecule has 2 aromatic rings. The van der Waals surface area contributed by atoms with Gasteiger partial charge in [-0.2, -0.15) is 5.26 Å². The number of rotatable bonds is 2. The van der Waals surface area contributed by atoms with E-state index in [2.05, 4.69) is 16.0 Å². The molecule has 0 saturated heterocycles. The van der Waals surface area contributed by atoms with Crippen molar-refractivity contribution in [1.29, 1.82) is 5.26 Å². The van der Waals surface area contributed by atoms with Crippen molar-refractivity contribution < 1.29 is 0 Å². The highest BCUT2D eigenvalue weighted by Crippen LogP contribution is 2.29. The summed E-state index contributed by atoms with van der Waals surface area (Å²) >= 11 is 7.69. The average molecular weight is 262 g/mol. The van der Waals surface area contributed by atoms with Crippen molar-refractivity contribution in [2.45, 2.75) is 6.92 Å². The summed E-state index contributed by atoms with van der Waals surface area (Å²) in [5, 5.41) is 12.3. The van der Waals surface area contributed by atoms with Gasteiger partial charge in [-0.1, -0.05) is 17.7 Å². The summed E-state index contributed by atoms with van der Waals surface area (Å²) in [7, 11) is 0. The molecule has 0 aliphatic carbocycles. The zero-order valence-electron chi connectivity index (χ0n) is 9.01. The first-order chi connectivity index (χ1) is 8.22. The number of allylic oxidation sites excluding steroid dienone is 1. The molecule has 84 valence electrons. The molecule has 17 heavy (non-hydrogen) atoms. The van der Waals surface area contributed by atoms with Crippen LogP contribution in [0.4, 0.5) is 0 Å². The maximum absolute atomic E-state index is 9.17. The van der Waals surface area contributed by atoms with Crippen LogP contribution >= 0.6 is 22.9 Å². The van der Waals surface area contributed by atoms with Gasteiger partial charge in [0.1, 0.15) is 6.07 Å². The van der Waals surface area contributed by atoms with Gasteiger partial charge in [-0.05, 0) is 13.0 Å². The lowest BCUT2D eigenvalue weighted by atomic mass is 10.1. The first-order valence-electron chi connectivity index (χ1n) is 4.85. The zero-order chi connectivity index (χ0) is 12.3. The summed E-state index contributed by atoms with van der Waals surface area (Å²) in [6, 6.07) is 5.66. The number of hydrogen-bond donors (Lipinski definition) is 0. The lowest BCUT2D eigenvalue weighted by Crippen LogP contribution is -1.87. The predicted octanol–water partition coefficient (Wildman–Crippen LogP) is 3.48. The van der Waals surface area contributed by atoms with Gasteiger partial charge in [0.05, 0.1) is 21.3 Å². The fourth-order valence-corrected chi connectivity index (χ4v) is 2.26. The van der Waals surface area contributed by atoms with Crippen molar-refractivity contribution in [2.24, 2.45) is 0 Å². The molecule has 0 fully saturated rings. The van der Waals surface area contributed by atoms with Crippen LogP contribution in [-0.4, -0.2) is 9.97 Å². The Morgan fingerprint density at radius 3 is 2.88 bits per heavy atom. The predicted molar refractivity (Wildman–Crippen MR) is 69.4 cm³/mol. The third-order valence-electron chi connectivity index (χ3n) is 2.13. The summed E-state index contributed by atoms with van der Waals surface area (Å²) in [6.45, 7) is 1.90. The SMILES string of the molecule is Cc1nc(/C(Cl)=C(/C#N)c2cccnc2)cs1. The van der Waals surface area contributed by atoms with E-state index in [4.69, 9.17) is 11.6 Å². The van der Waals surface area contributed by atoms with E-state index in [1.165, 1.54) is 11.3 Å². The molecule has 0 amide bonds. The first-order valence-corrected chi connectivity index (χ1v) is 6.11. The molecule has 0 aliphatic rings. The molecule has 0 radical (unpaired) electrons. The largest absolute Gasteiger partial charge is 0.264 e. The smallest absolute Gasteiger partial charge is 0.101 e. The number of aryl methyl sites for hydroxylation is 1. The number of nitrogens with zero attached hydrogens (tertiary/aromatic N) is 3. The number of thiazole rings is 1. The van der Waals surface area contributed by atoms with E-state index >= 15 is 0 Å². The quantitative estimate of drug-likeness (QED) is 0.778. The Hall–Kier alpha value is -1.70. The number of pyridine rings is 1. The number of hydrogen-bond acceptors (Lipinski definition) is 4. The van der Waals surface area contributed by atoms with Gasteiger partial charge in [0.2, 0.25) is 0 Å². The van der Waals surface area contributed by atoms with Crippen molar-refractivity contribution in [3.63, 3.8) is 0 Å². The molecule has 0 aliphatic heterocycles. The van der Waals surface area contributed by atoms with Gasteiger partial charge in [-0.3, -0.25) is 4.98 Å². The molecule has 0 saturated carbocycles. The van der Waals surface area contributed by atoms with Crippen molar-refractivity contribution in [3.8, 4) is 6.07 Å². The minimum Gasteiger partial charge on any atom is -0.264 e. The highest BCUT2D eigenvalue weighted by atomic mass is 35.5. The van der Waals surface area contributed by atoms with Gasteiger partial charge in [0, 0.05) is 23.3 Å². The molecule has 2 rings (SSSR count). The van der Waals surface area contributed by atoms with Gasteiger partial charge in [0.15, 0.2) is 0 Å². The fourth-order valence-electron chi connectivity index (χ4n) is 1.34. The van der Waals surface area contributed by atoms with Crippen LogP contribution in [0.15, 0.2) is 29.9 Å². The molecule has 0 atom stereocenters. The Morgan fingerprint density at radius 1 is 1.53 bits per heavy atom. The molecule has 0 N–H and O–H groups in total. The van der Waals surface area contributed by atoms with Crippen molar-refractivity contribution >= 4 is 33.5 Å². The van der Waals surface area contributed by atoms with Crippen LogP contribution in [0.25, 0.3) is 10.6 Å². The number of halogens is 1. The summed E-state index contributed by atoms with van der Waals surface area (Å²) in [5.74, 6) is 0. The van der Waals surface area contributed by atoms with Gasteiger partial charge < -0.3 is 0 Å². The van der Waals surface area contributed by atoms with Crippen molar-refractivity contribution in [1.82, 2.24) is 9.97 Å². The lowest BCUT2D eigenvalue weighted by Gasteiger charge is -2.00. The fraction of sp³-hybridized carbons (Fsp3) is 0.0833. The molecule has 2 heterocycles. The number of aromatic nitrogens is 2. The van der Waals surface area contributed by atoms with E-state index in [9.17, 15) is 5.26 Å². The molecular formula is C12H8ClN3S. The molecule has 0 bridgehead atoms. The maximum atomic E-state index is 9.17. The molecule has 3 nitrogen and oxygen atoms in total. The molecule has 2 aromatic heterocycles. The summed E-state index contributed by atoms with van der Waals surface area (Å²) < 4.78 is 0. The zero-order valence-corrected chi connectivity index (χ0v) is 10.6. The Bertz CT molecular complexity index is 596. The topological polar surface area (TPSA) is 49.6 Å². The number of nitriles is 1. The third kappa shape index (κ3) is 2.52. The second kappa shape index (κ2) is 5.09. The van der Waals surface area contributed by atoms with E-state index in [1.54, 1.807) is 24.5 Å². The molecule has 5 heteroatoms. The minimum absolute atomic E-state index is 0.366. The second-order valence-electron chi connectivity index (χ2n) is 3.29. The van der Waals surface area contributed by atoms with Gasteiger partial charge in [0.25, 0.3) is 0 Å². The standard InChI is InChI=1S/C12H8ClN3S/c1-8-16-11(7-17-8)12(13)10(5-14)9-3-2-4-15-6-9/h2-4,6-7H,1H3/b12-10+. The van der Waals surface area contributed by atoms with E-state index < -0.39 is 0 Å². The van der Waals surface area contributed by atoms with E-state index in [-0.39, 0.29) is 0 Å². The second-order valence-corrected chi connectivity index (χ2v) is 4.73. The summed E-state index contributed by atoms with van der Waals surface area (Å²) in [4.78, 5) is 8.24. The lowest BCUT2D eigenvalue weighted by molar-refractivity contribution is 1.27. The van der Waals surface area contributed by atoms with Crippen LogP contribution in [0.1, 0.15) is 16.3 Å². The van der Waals surface area contributed by atoms with E-state index in [1.807, 2.05) is 12.3 Å². The Labute approximate surface area is 108 Å². The van der Waals surface area contributed by atoms with Gasteiger partial charge >= 0.3 is 0 Å². The van der Waals surface area contributed by atoms with E-state index in [0.29, 0.717) is 21.9 Å². The van der Waals surface area contributed by atoms with Crippen LogP contribution in [0.2, 0.25) is 0 Å². The van der Waals surface area contributed by atoms with Crippen LogP contribution in [0.5, 0.6) is 0 Å². The van der Waals surface area contributed by atoms with Crippen LogP contribution in [-0.2, 0) is 0 Å². The normalized spacial score (nSPS) is 11.8.